The second-order valence-electron chi connectivity index (χ2n) is 4.45. The number of hydrogen-bond donors (Lipinski definition) is 1. The number of nitrogens with one attached hydrogen (secondary N) is 1. The molecule has 1 N–H and O–H groups in total. The Hall–Kier alpha value is -2.33. The van der Waals surface area contributed by atoms with Crippen LogP contribution in [0.1, 0.15) is 0 Å². The fraction of sp³-hybridized carbons (Fsp3) is 0.0667. The molecule has 1 aromatic heterocycles. The van der Waals surface area contributed by atoms with E-state index < -0.39 is 0 Å². The first-order valence-electron chi connectivity index (χ1n) is 6.13. The van der Waals surface area contributed by atoms with Crippen LogP contribution in [0.25, 0.3) is 10.9 Å². The van der Waals surface area contributed by atoms with Crippen molar-refractivity contribution in [3.05, 3.63) is 63.9 Å². The van der Waals surface area contributed by atoms with Gasteiger partial charge >= 0.3 is 0 Å². The number of aromatic nitrogens is 2. The Labute approximate surface area is 120 Å². The van der Waals surface area contributed by atoms with E-state index in [1.807, 2.05) is 42.3 Å². The van der Waals surface area contributed by atoms with Crippen LogP contribution < -0.4 is 10.5 Å². The van der Waals surface area contributed by atoms with Gasteiger partial charge in [-0.3, -0.25) is 9.78 Å². The summed E-state index contributed by atoms with van der Waals surface area (Å²) in [5.74, 6) is 0.482. The minimum atomic E-state index is -0.176. The molecule has 0 fully saturated rings. The number of rotatable bonds is 2. The van der Waals surface area contributed by atoms with Crippen molar-refractivity contribution in [2.75, 3.05) is 11.9 Å². The molecule has 1 heterocycles. The number of halogens is 1. The van der Waals surface area contributed by atoms with E-state index in [1.165, 1.54) is 0 Å². The molecule has 0 atom stereocenters. The van der Waals surface area contributed by atoms with E-state index in [1.54, 1.807) is 18.2 Å². The Morgan fingerprint density at radius 3 is 2.65 bits per heavy atom. The largest absolute Gasteiger partial charge is 0.315 e. The van der Waals surface area contributed by atoms with Crippen LogP contribution in [0.15, 0.2) is 53.3 Å². The highest BCUT2D eigenvalue weighted by molar-refractivity contribution is 6.31. The van der Waals surface area contributed by atoms with Crippen molar-refractivity contribution in [1.82, 2.24) is 9.97 Å². The summed E-state index contributed by atoms with van der Waals surface area (Å²) < 4.78 is 0. The maximum Gasteiger partial charge on any atom is 0.260 e. The number of fused-ring (bicyclic) bond motifs is 1. The SMILES string of the molecule is CN(c1ccccc1)c1nc2cc(Cl)ccc2c(=O)[nH]1. The van der Waals surface area contributed by atoms with Crippen LogP contribution in [0, 0.1) is 0 Å². The first kappa shape index (κ1) is 12.7. The number of nitrogens with zero attached hydrogens (tertiary/aromatic N) is 2. The van der Waals surface area contributed by atoms with Crippen molar-refractivity contribution < 1.29 is 0 Å². The number of aromatic amines is 1. The molecule has 0 aliphatic carbocycles. The molecule has 4 nitrogen and oxygen atoms in total. The van der Waals surface area contributed by atoms with Gasteiger partial charge in [-0.2, -0.15) is 0 Å². The molecule has 0 unspecified atom stereocenters. The minimum absolute atomic E-state index is 0.176. The molecule has 0 spiro atoms. The zero-order valence-corrected chi connectivity index (χ0v) is 11.6. The molecule has 0 saturated heterocycles. The van der Waals surface area contributed by atoms with Gasteiger partial charge in [-0.25, -0.2) is 4.98 Å². The Balaban J connectivity index is 2.15. The van der Waals surface area contributed by atoms with Crippen LogP contribution in [0.3, 0.4) is 0 Å². The average Bonchev–Trinajstić information content (AvgIpc) is 2.46. The first-order valence-corrected chi connectivity index (χ1v) is 6.51. The monoisotopic (exact) mass is 285 g/mol. The van der Waals surface area contributed by atoms with E-state index in [-0.39, 0.29) is 5.56 Å². The fourth-order valence-electron chi connectivity index (χ4n) is 2.03. The predicted molar refractivity (Wildman–Crippen MR) is 81.9 cm³/mol. The van der Waals surface area contributed by atoms with Crippen molar-refractivity contribution in [3.8, 4) is 0 Å². The lowest BCUT2D eigenvalue weighted by Crippen LogP contribution is -2.18. The van der Waals surface area contributed by atoms with Gasteiger partial charge in [0.25, 0.3) is 5.56 Å². The summed E-state index contributed by atoms with van der Waals surface area (Å²) in [6.45, 7) is 0. The molecule has 3 aromatic rings. The summed E-state index contributed by atoms with van der Waals surface area (Å²) in [4.78, 5) is 21.1. The standard InChI is InChI=1S/C15H12ClN3O/c1-19(11-5-3-2-4-6-11)15-17-13-9-10(16)7-8-12(13)14(20)18-15/h2-9H,1H3,(H,17,18,20). The number of benzene rings is 2. The van der Waals surface area contributed by atoms with E-state index in [0.717, 1.165) is 5.69 Å². The quantitative estimate of drug-likeness (QED) is 0.785. The molecule has 100 valence electrons. The molecule has 5 heteroatoms. The Bertz CT molecular complexity index is 814. The molecule has 20 heavy (non-hydrogen) atoms. The maximum absolute atomic E-state index is 12.1. The number of anilines is 2. The highest BCUT2D eigenvalue weighted by Gasteiger charge is 2.09. The van der Waals surface area contributed by atoms with Crippen molar-refractivity contribution >= 4 is 34.1 Å². The highest BCUT2D eigenvalue weighted by atomic mass is 35.5. The third-order valence-corrected chi connectivity index (χ3v) is 3.35. The fourth-order valence-corrected chi connectivity index (χ4v) is 2.20. The molecule has 0 aliphatic rings. The average molecular weight is 286 g/mol. The van der Waals surface area contributed by atoms with Crippen LogP contribution in [-0.4, -0.2) is 17.0 Å². The molecule has 0 aliphatic heterocycles. The smallest absolute Gasteiger partial charge is 0.260 e. The lowest BCUT2D eigenvalue weighted by atomic mass is 10.2. The first-order chi connectivity index (χ1) is 9.65. The van der Waals surface area contributed by atoms with Crippen molar-refractivity contribution in [2.24, 2.45) is 0 Å². The summed E-state index contributed by atoms with van der Waals surface area (Å²) in [5.41, 5.74) is 1.35. The van der Waals surface area contributed by atoms with E-state index in [4.69, 9.17) is 11.6 Å². The number of hydrogen-bond acceptors (Lipinski definition) is 3. The molecule has 3 rings (SSSR count). The normalized spacial score (nSPS) is 10.7. The molecular weight excluding hydrogens is 274 g/mol. The van der Waals surface area contributed by atoms with Crippen molar-refractivity contribution in [2.45, 2.75) is 0 Å². The van der Waals surface area contributed by atoms with Crippen LogP contribution in [0.2, 0.25) is 5.02 Å². The summed E-state index contributed by atoms with van der Waals surface area (Å²) >= 11 is 5.95. The van der Waals surface area contributed by atoms with Crippen LogP contribution >= 0.6 is 11.6 Å². The van der Waals surface area contributed by atoms with Crippen molar-refractivity contribution in [3.63, 3.8) is 0 Å². The molecule has 0 amide bonds. The van der Waals surface area contributed by atoms with Crippen LogP contribution in [-0.2, 0) is 0 Å². The van der Waals surface area contributed by atoms with Gasteiger partial charge in [0, 0.05) is 17.8 Å². The van der Waals surface area contributed by atoms with Crippen molar-refractivity contribution in [1.29, 1.82) is 0 Å². The van der Waals surface area contributed by atoms with Gasteiger partial charge in [0.05, 0.1) is 10.9 Å². The summed E-state index contributed by atoms with van der Waals surface area (Å²) in [6.07, 6.45) is 0. The Morgan fingerprint density at radius 1 is 1.15 bits per heavy atom. The van der Waals surface area contributed by atoms with Gasteiger partial charge in [-0.05, 0) is 30.3 Å². The zero-order valence-electron chi connectivity index (χ0n) is 10.8. The second kappa shape index (κ2) is 4.98. The lowest BCUT2D eigenvalue weighted by molar-refractivity contribution is 1.05. The number of H-pyrrole nitrogens is 1. The topological polar surface area (TPSA) is 49.0 Å². The Kier molecular flexibility index (Phi) is 3.16. The Morgan fingerprint density at radius 2 is 1.90 bits per heavy atom. The molecule has 0 bridgehead atoms. The maximum atomic E-state index is 12.1. The van der Waals surface area contributed by atoms with Gasteiger partial charge in [-0.15, -0.1) is 0 Å². The molecule has 0 radical (unpaired) electrons. The third kappa shape index (κ3) is 2.26. The van der Waals surface area contributed by atoms with Gasteiger partial charge in [0.1, 0.15) is 0 Å². The second-order valence-corrected chi connectivity index (χ2v) is 4.88. The van der Waals surface area contributed by atoms with Gasteiger partial charge < -0.3 is 4.90 Å². The minimum Gasteiger partial charge on any atom is -0.315 e. The third-order valence-electron chi connectivity index (χ3n) is 3.12. The molecule has 0 saturated carbocycles. The summed E-state index contributed by atoms with van der Waals surface area (Å²) in [6, 6.07) is 14.7. The van der Waals surface area contributed by atoms with Crippen LogP contribution in [0.4, 0.5) is 11.6 Å². The van der Waals surface area contributed by atoms with Gasteiger partial charge in [0.15, 0.2) is 0 Å². The molecular formula is C15H12ClN3O. The number of para-hydroxylation sites is 1. The van der Waals surface area contributed by atoms with E-state index in [0.29, 0.717) is 21.9 Å². The van der Waals surface area contributed by atoms with E-state index in [2.05, 4.69) is 9.97 Å². The predicted octanol–water partition coefficient (Wildman–Crippen LogP) is 3.34. The van der Waals surface area contributed by atoms with E-state index >= 15 is 0 Å². The zero-order chi connectivity index (χ0) is 14.1. The van der Waals surface area contributed by atoms with Crippen LogP contribution in [0.5, 0.6) is 0 Å². The lowest BCUT2D eigenvalue weighted by Gasteiger charge is -2.17. The van der Waals surface area contributed by atoms with Gasteiger partial charge in [0.2, 0.25) is 5.95 Å². The highest BCUT2D eigenvalue weighted by Crippen LogP contribution is 2.21. The summed E-state index contributed by atoms with van der Waals surface area (Å²) in [5, 5.41) is 1.09. The van der Waals surface area contributed by atoms with Gasteiger partial charge in [-0.1, -0.05) is 29.8 Å². The van der Waals surface area contributed by atoms with E-state index in [9.17, 15) is 4.79 Å². The molecule has 2 aromatic carbocycles. The summed E-state index contributed by atoms with van der Waals surface area (Å²) in [7, 11) is 1.85.